The predicted molar refractivity (Wildman–Crippen MR) is 111 cm³/mol. The van der Waals surface area contributed by atoms with E-state index in [9.17, 15) is 14.4 Å². The van der Waals surface area contributed by atoms with Crippen LogP contribution in [-0.2, 0) is 16.1 Å². The first kappa shape index (κ1) is 19.4. The van der Waals surface area contributed by atoms with Gasteiger partial charge in [-0.15, -0.1) is 0 Å². The molecule has 30 heavy (non-hydrogen) atoms. The number of nitrogens with two attached hydrogens (primary N) is 1. The van der Waals surface area contributed by atoms with E-state index in [1.165, 1.54) is 0 Å². The van der Waals surface area contributed by atoms with Gasteiger partial charge in [0.1, 0.15) is 13.2 Å². The van der Waals surface area contributed by atoms with Gasteiger partial charge in [-0.1, -0.05) is 66.7 Å². The Balaban J connectivity index is 1.40. The van der Waals surface area contributed by atoms with E-state index in [0.29, 0.717) is 21.8 Å². The number of carbonyl (C=O) groups is 3. The van der Waals surface area contributed by atoms with Gasteiger partial charge in [0.2, 0.25) is 5.91 Å². The zero-order valence-corrected chi connectivity index (χ0v) is 16.0. The maximum absolute atomic E-state index is 12.8. The van der Waals surface area contributed by atoms with Crippen molar-refractivity contribution in [3.05, 3.63) is 89.5 Å². The van der Waals surface area contributed by atoms with Gasteiger partial charge in [-0.25, -0.2) is 15.6 Å². The highest BCUT2D eigenvalue weighted by Crippen LogP contribution is 2.39. The second-order valence-electron chi connectivity index (χ2n) is 6.82. The van der Waals surface area contributed by atoms with Crippen LogP contribution >= 0.6 is 0 Å². The van der Waals surface area contributed by atoms with E-state index in [4.69, 9.17) is 10.6 Å². The summed E-state index contributed by atoms with van der Waals surface area (Å²) in [6.07, 6.45) is -0.823. The molecule has 0 spiro atoms. The number of amides is 2. The van der Waals surface area contributed by atoms with Crippen LogP contribution in [0.3, 0.4) is 0 Å². The zero-order chi connectivity index (χ0) is 21.1. The van der Waals surface area contributed by atoms with Gasteiger partial charge in [-0.05, 0) is 22.8 Å². The van der Waals surface area contributed by atoms with Crippen LogP contribution < -0.4 is 11.2 Å². The van der Waals surface area contributed by atoms with Crippen LogP contribution in [0.2, 0.25) is 0 Å². The number of nitrogens with one attached hydrogen (secondary N) is 1. The normalized spacial score (nSPS) is 11.4. The van der Waals surface area contributed by atoms with Crippen molar-refractivity contribution in [1.29, 1.82) is 0 Å². The summed E-state index contributed by atoms with van der Waals surface area (Å²) in [5, 5.41) is 3.37. The molecule has 1 aliphatic carbocycles. The first-order valence-electron chi connectivity index (χ1n) is 9.34. The molecular weight excluding hydrogens is 382 g/mol. The Morgan fingerprint density at radius 1 is 0.867 bits per heavy atom. The molecule has 0 heterocycles. The van der Waals surface area contributed by atoms with Gasteiger partial charge in [0.25, 0.3) is 0 Å². The summed E-state index contributed by atoms with van der Waals surface area (Å²) >= 11 is 0. The van der Waals surface area contributed by atoms with Crippen LogP contribution in [0.15, 0.2) is 72.8 Å². The first-order chi connectivity index (χ1) is 14.5. The van der Waals surface area contributed by atoms with E-state index in [2.05, 4.69) is 5.32 Å². The largest absolute Gasteiger partial charge is 0.444 e. The highest BCUT2D eigenvalue weighted by atomic mass is 16.6. The first-order valence-corrected chi connectivity index (χ1v) is 9.34. The number of hydrogen-bond donors (Lipinski definition) is 2. The van der Waals surface area contributed by atoms with Crippen molar-refractivity contribution in [3.63, 3.8) is 0 Å². The average molecular weight is 401 g/mol. The van der Waals surface area contributed by atoms with Crippen molar-refractivity contribution in [1.82, 2.24) is 5.01 Å². The molecular formula is C23H19N3O4. The maximum atomic E-state index is 12.8. The Morgan fingerprint density at radius 2 is 1.53 bits per heavy atom. The molecule has 0 saturated heterocycles. The number of fused-ring (bicyclic) bond motifs is 3. The Kier molecular flexibility index (Phi) is 5.28. The smallest absolute Gasteiger partial charge is 0.424 e. The molecule has 1 aliphatic rings. The third-order valence-corrected chi connectivity index (χ3v) is 4.78. The number of ketones is 1. The summed E-state index contributed by atoms with van der Waals surface area (Å²) in [6.45, 7) is -0.369. The monoisotopic (exact) mass is 401 g/mol. The summed E-state index contributed by atoms with van der Waals surface area (Å²) in [4.78, 5) is 37.2. The fourth-order valence-electron chi connectivity index (χ4n) is 3.39. The molecule has 0 fully saturated rings. The number of ether oxygens (including phenoxy) is 1. The van der Waals surface area contributed by atoms with Crippen molar-refractivity contribution in [2.45, 2.75) is 6.61 Å². The topological polar surface area (TPSA) is 102 Å². The van der Waals surface area contributed by atoms with Crippen molar-refractivity contribution in [3.8, 4) is 11.1 Å². The van der Waals surface area contributed by atoms with Gasteiger partial charge in [0.15, 0.2) is 5.78 Å². The van der Waals surface area contributed by atoms with E-state index in [0.717, 1.165) is 16.7 Å². The Bertz CT molecular complexity index is 1130. The minimum Gasteiger partial charge on any atom is -0.444 e. The average Bonchev–Trinajstić information content (AvgIpc) is 3.06. The molecule has 4 rings (SSSR count). The molecule has 7 heteroatoms. The van der Waals surface area contributed by atoms with Crippen molar-refractivity contribution < 1.29 is 19.1 Å². The van der Waals surface area contributed by atoms with E-state index in [1.807, 2.05) is 48.5 Å². The lowest BCUT2D eigenvalue weighted by molar-refractivity contribution is -0.117. The molecule has 150 valence electrons. The standard InChI is InChI=1S/C23H19N3O4/c24-26(23(29)30-14-15-7-2-1-3-8-15)13-20(27)25-19-12-6-11-17-16-9-4-5-10-18(16)22(28)21(17)19/h1-12H,13-14,24H2,(H,25,27). The summed E-state index contributed by atoms with van der Waals surface area (Å²) in [5.74, 6) is 4.99. The second kappa shape index (κ2) is 8.18. The molecule has 3 aromatic rings. The minimum absolute atomic E-state index is 0.0495. The van der Waals surface area contributed by atoms with Gasteiger partial charge >= 0.3 is 6.09 Å². The fourth-order valence-corrected chi connectivity index (χ4v) is 3.39. The van der Waals surface area contributed by atoms with Gasteiger partial charge in [0.05, 0.1) is 11.3 Å². The van der Waals surface area contributed by atoms with Gasteiger partial charge in [0, 0.05) is 5.56 Å². The van der Waals surface area contributed by atoms with Crippen LogP contribution in [-0.4, -0.2) is 29.3 Å². The van der Waals surface area contributed by atoms with Crippen LogP contribution in [0.5, 0.6) is 0 Å². The minimum atomic E-state index is -0.823. The lowest BCUT2D eigenvalue weighted by atomic mass is 10.0. The predicted octanol–water partition coefficient (Wildman–Crippen LogP) is 3.35. The molecule has 0 aliphatic heterocycles. The number of benzene rings is 3. The quantitative estimate of drug-likeness (QED) is 0.303. The number of hydrogen-bond acceptors (Lipinski definition) is 5. The molecule has 3 N–H and O–H groups in total. The van der Waals surface area contributed by atoms with Crippen molar-refractivity contribution >= 4 is 23.5 Å². The van der Waals surface area contributed by atoms with E-state index < -0.39 is 18.5 Å². The van der Waals surface area contributed by atoms with E-state index in [-0.39, 0.29) is 12.4 Å². The number of rotatable bonds is 5. The van der Waals surface area contributed by atoms with Crippen LogP contribution in [0.4, 0.5) is 10.5 Å². The second-order valence-corrected chi connectivity index (χ2v) is 6.82. The van der Waals surface area contributed by atoms with Crippen LogP contribution in [0.1, 0.15) is 21.5 Å². The third-order valence-electron chi connectivity index (χ3n) is 4.78. The number of hydrazine groups is 1. The van der Waals surface area contributed by atoms with Gasteiger partial charge < -0.3 is 10.1 Å². The van der Waals surface area contributed by atoms with Crippen LogP contribution in [0, 0.1) is 0 Å². The molecule has 0 unspecified atom stereocenters. The number of nitrogens with zero attached hydrogens (tertiary/aromatic N) is 1. The lowest BCUT2D eigenvalue weighted by Crippen LogP contribution is -2.43. The van der Waals surface area contributed by atoms with E-state index in [1.54, 1.807) is 24.3 Å². The highest BCUT2D eigenvalue weighted by molar-refractivity contribution is 6.25. The molecule has 0 atom stereocenters. The SMILES string of the molecule is NN(CC(=O)Nc1cccc2c1C(=O)c1ccccc1-2)C(=O)OCc1ccccc1. The molecule has 0 radical (unpaired) electrons. The summed E-state index contributed by atoms with van der Waals surface area (Å²) < 4.78 is 5.10. The van der Waals surface area contributed by atoms with Crippen molar-refractivity contribution in [2.24, 2.45) is 5.84 Å². The molecule has 7 nitrogen and oxygen atoms in total. The Morgan fingerprint density at radius 3 is 2.30 bits per heavy atom. The van der Waals surface area contributed by atoms with E-state index >= 15 is 0 Å². The summed E-state index contributed by atoms with van der Waals surface area (Å²) in [5.41, 5.74) is 3.81. The number of anilines is 1. The molecule has 2 amide bonds. The Labute approximate surface area is 173 Å². The van der Waals surface area contributed by atoms with Crippen LogP contribution in [0.25, 0.3) is 11.1 Å². The third kappa shape index (κ3) is 3.78. The summed E-state index contributed by atoms with van der Waals surface area (Å²) in [7, 11) is 0. The molecule has 0 aromatic heterocycles. The Hall–Kier alpha value is -3.97. The van der Waals surface area contributed by atoms with Gasteiger partial charge in [-0.2, -0.15) is 0 Å². The highest BCUT2D eigenvalue weighted by Gasteiger charge is 2.29. The fraction of sp³-hybridized carbons (Fsp3) is 0.0870. The number of carbonyl (C=O) groups excluding carboxylic acids is 3. The van der Waals surface area contributed by atoms with Gasteiger partial charge in [-0.3, -0.25) is 9.59 Å². The van der Waals surface area contributed by atoms with Crippen molar-refractivity contribution in [2.75, 3.05) is 11.9 Å². The maximum Gasteiger partial charge on any atom is 0.424 e. The zero-order valence-electron chi connectivity index (χ0n) is 16.0. The molecule has 0 saturated carbocycles. The molecule has 3 aromatic carbocycles. The molecule has 0 bridgehead atoms. The summed E-state index contributed by atoms with van der Waals surface area (Å²) in [6, 6.07) is 21.7. The lowest BCUT2D eigenvalue weighted by Gasteiger charge is -2.17.